The van der Waals surface area contributed by atoms with E-state index in [9.17, 15) is 19.8 Å². The minimum Gasteiger partial charge on any atom is -0.549 e. The molecule has 0 spiro atoms. The van der Waals surface area contributed by atoms with Crippen molar-refractivity contribution in [1.82, 2.24) is 0 Å². The molecule has 0 rings (SSSR count). The summed E-state index contributed by atoms with van der Waals surface area (Å²) in [6.07, 6.45) is 22.6. The number of hydrogen-bond donors (Lipinski definition) is 0. The van der Waals surface area contributed by atoms with Gasteiger partial charge in [-0.2, -0.15) is 0 Å². The first-order valence-electron chi connectivity index (χ1n) is 20.5. The number of unbranched alkanes of at least 4 members (excludes halogenated alkanes) is 8. The van der Waals surface area contributed by atoms with Crippen molar-refractivity contribution in [1.29, 1.82) is 0 Å². The lowest BCUT2D eigenvalue weighted by Crippen LogP contribution is -2.56. The minimum absolute atomic E-state index is 0.00727. The highest BCUT2D eigenvalue weighted by atomic mass is 16.4. The van der Waals surface area contributed by atoms with Gasteiger partial charge < -0.3 is 28.8 Å². The SMILES string of the molecule is CCC(C)C(CC)(C(=O)[O-])C(=O)[O-].CCCC[N+](CCCC)(CCCC)CCCC.CCCC[N+](CCCC)(CCCC)CCCC. The van der Waals surface area contributed by atoms with Crippen LogP contribution in [0.2, 0.25) is 0 Å². The minimum atomic E-state index is -1.84. The molecule has 1 unspecified atom stereocenters. The molecule has 6 nitrogen and oxygen atoms in total. The Labute approximate surface area is 295 Å². The van der Waals surface area contributed by atoms with Crippen molar-refractivity contribution in [2.24, 2.45) is 11.3 Å². The molecule has 0 fully saturated rings. The van der Waals surface area contributed by atoms with Crippen LogP contribution in [0.5, 0.6) is 0 Å². The number of nitrogens with zero attached hydrogens (tertiary/aromatic N) is 2. The molecule has 0 aliphatic heterocycles. The summed E-state index contributed by atoms with van der Waals surface area (Å²) in [6.45, 7) is 34.9. The molecule has 0 aliphatic carbocycles. The molecule has 0 saturated heterocycles. The summed E-state index contributed by atoms with van der Waals surface area (Å²) in [4.78, 5) is 21.5. The topological polar surface area (TPSA) is 80.3 Å². The second kappa shape index (κ2) is 32.1. The number of carboxylic acids is 2. The first-order chi connectivity index (χ1) is 22.4. The van der Waals surface area contributed by atoms with E-state index in [1.165, 1.54) is 171 Å². The first kappa shape index (κ1) is 50.2. The number of rotatable bonds is 29. The second-order valence-corrected chi connectivity index (χ2v) is 14.5. The number of quaternary nitrogens is 2. The van der Waals surface area contributed by atoms with Crippen molar-refractivity contribution in [3.63, 3.8) is 0 Å². The Hall–Kier alpha value is -1.14. The molecule has 0 aromatic carbocycles. The van der Waals surface area contributed by atoms with E-state index in [-0.39, 0.29) is 6.42 Å². The van der Waals surface area contributed by atoms with Crippen LogP contribution in [0.3, 0.4) is 0 Å². The van der Waals surface area contributed by atoms with Crippen molar-refractivity contribution >= 4 is 11.9 Å². The summed E-state index contributed by atoms with van der Waals surface area (Å²) in [6, 6.07) is 0. The van der Waals surface area contributed by atoms with Crippen LogP contribution in [0.25, 0.3) is 0 Å². The van der Waals surface area contributed by atoms with Crippen LogP contribution in [0.4, 0.5) is 0 Å². The Morgan fingerprint density at radius 3 is 0.723 bits per heavy atom. The van der Waals surface area contributed by atoms with E-state index in [1.54, 1.807) is 13.8 Å². The lowest BCUT2D eigenvalue weighted by atomic mass is 9.73. The van der Waals surface area contributed by atoms with Gasteiger partial charge in [0.15, 0.2) is 0 Å². The Morgan fingerprint density at radius 2 is 0.638 bits per heavy atom. The van der Waals surface area contributed by atoms with Gasteiger partial charge in [-0.05, 0) is 63.7 Å². The summed E-state index contributed by atoms with van der Waals surface area (Å²) in [5, 5.41) is 21.5. The normalized spacial score (nSPS) is 12.5. The maximum Gasteiger partial charge on any atom is 0.0786 e. The molecule has 0 N–H and O–H groups in total. The number of carbonyl (C=O) groups is 2. The van der Waals surface area contributed by atoms with E-state index in [0.717, 1.165) is 0 Å². The van der Waals surface area contributed by atoms with Gasteiger partial charge in [-0.1, -0.05) is 134 Å². The van der Waals surface area contributed by atoms with Gasteiger partial charge in [0.25, 0.3) is 0 Å². The summed E-state index contributed by atoms with van der Waals surface area (Å²) in [5.41, 5.74) is -1.84. The van der Waals surface area contributed by atoms with Gasteiger partial charge in [0.05, 0.1) is 69.7 Å². The Bertz CT molecular complexity index is 587. The number of aliphatic carboxylic acids is 2. The highest BCUT2D eigenvalue weighted by molar-refractivity contribution is 5.96. The second-order valence-electron chi connectivity index (χ2n) is 14.5. The average molecular weight is 671 g/mol. The van der Waals surface area contributed by atoms with Crippen molar-refractivity contribution in [2.75, 3.05) is 52.4 Å². The van der Waals surface area contributed by atoms with Gasteiger partial charge in [-0.3, -0.25) is 0 Å². The molecule has 284 valence electrons. The summed E-state index contributed by atoms with van der Waals surface area (Å²) in [7, 11) is 0. The van der Waals surface area contributed by atoms with E-state index < -0.39 is 23.3 Å². The van der Waals surface area contributed by atoms with E-state index >= 15 is 0 Å². The smallest absolute Gasteiger partial charge is 0.0786 e. The molecule has 0 aromatic heterocycles. The third-order valence-corrected chi connectivity index (χ3v) is 10.6. The molecule has 0 radical (unpaired) electrons. The zero-order valence-electron chi connectivity index (χ0n) is 34.0. The van der Waals surface area contributed by atoms with Crippen LogP contribution >= 0.6 is 0 Å². The van der Waals surface area contributed by atoms with Crippen LogP contribution in [0.1, 0.15) is 192 Å². The zero-order chi connectivity index (χ0) is 36.6. The molecule has 0 aliphatic rings. The maximum atomic E-state index is 10.8. The molecule has 1 atom stereocenters. The number of carbonyl (C=O) groups excluding carboxylic acids is 2. The van der Waals surface area contributed by atoms with Crippen LogP contribution in [0.15, 0.2) is 0 Å². The predicted molar refractivity (Wildman–Crippen MR) is 201 cm³/mol. The van der Waals surface area contributed by atoms with E-state index in [0.29, 0.717) is 6.42 Å². The van der Waals surface area contributed by atoms with E-state index in [2.05, 4.69) is 55.4 Å². The summed E-state index contributed by atoms with van der Waals surface area (Å²) >= 11 is 0. The number of hydrogen-bond acceptors (Lipinski definition) is 4. The number of carboxylic acid groups (broad SMARTS) is 2. The highest BCUT2D eigenvalue weighted by Gasteiger charge is 2.36. The molecule has 0 aromatic rings. The molecule has 0 amide bonds. The van der Waals surface area contributed by atoms with Gasteiger partial charge in [0, 0.05) is 0 Å². The van der Waals surface area contributed by atoms with Gasteiger partial charge in [0.2, 0.25) is 0 Å². The fourth-order valence-electron chi connectivity index (χ4n) is 6.76. The van der Waals surface area contributed by atoms with Crippen LogP contribution in [-0.4, -0.2) is 73.3 Å². The molecule has 0 heterocycles. The third kappa shape index (κ3) is 21.5. The lowest BCUT2D eigenvalue weighted by molar-refractivity contribution is -0.929. The quantitative estimate of drug-likeness (QED) is 0.0588. The maximum absolute atomic E-state index is 10.8. The highest BCUT2D eigenvalue weighted by Crippen LogP contribution is 2.32. The standard InChI is InChI=1S/2C16H36N.C9H16O4/c2*1-5-9-13-17(14-10-6-2,15-11-7-3)16-12-8-4;1-4-6(3)9(5-2,7(10)11)8(12)13/h2*5-16H2,1-4H3;6H,4-5H2,1-3H3,(H,10,11)(H,12,13)/q2*+1;/p-2. The van der Waals surface area contributed by atoms with E-state index in [1.807, 2.05) is 0 Å². The molecule has 0 saturated carbocycles. The largest absolute Gasteiger partial charge is 0.549 e. The van der Waals surface area contributed by atoms with Crippen LogP contribution in [0, 0.1) is 11.3 Å². The van der Waals surface area contributed by atoms with Crippen molar-refractivity contribution < 1.29 is 28.8 Å². The predicted octanol–water partition coefficient (Wildman–Crippen LogP) is 8.94. The van der Waals surface area contributed by atoms with Gasteiger partial charge >= 0.3 is 0 Å². The zero-order valence-corrected chi connectivity index (χ0v) is 34.0. The Kier molecular flexibility index (Phi) is 34.3. The van der Waals surface area contributed by atoms with Crippen molar-refractivity contribution in [3.05, 3.63) is 0 Å². The Morgan fingerprint density at radius 1 is 0.447 bits per heavy atom. The van der Waals surface area contributed by atoms with Crippen molar-refractivity contribution in [3.8, 4) is 0 Å². The molecule has 47 heavy (non-hydrogen) atoms. The molecular formula is C41H86N2O4. The van der Waals surface area contributed by atoms with Crippen molar-refractivity contribution in [2.45, 2.75) is 192 Å². The van der Waals surface area contributed by atoms with Gasteiger partial charge in [-0.25, -0.2) is 0 Å². The van der Waals surface area contributed by atoms with Crippen LogP contribution in [-0.2, 0) is 9.59 Å². The summed E-state index contributed by atoms with van der Waals surface area (Å²) in [5.74, 6) is -3.58. The Balaban J connectivity index is -0.000000625. The fourth-order valence-corrected chi connectivity index (χ4v) is 6.76. The van der Waals surface area contributed by atoms with E-state index in [4.69, 9.17) is 0 Å². The van der Waals surface area contributed by atoms with Gasteiger partial charge in [0.1, 0.15) is 0 Å². The summed E-state index contributed by atoms with van der Waals surface area (Å²) < 4.78 is 2.84. The lowest BCUT2D eigenvalue weighted by Gasteiger charge is -2.39. The average Bonchev–Trinajstić information content (AvgIpc) is 3.07. The fraction of sp³-hybridized carbons (Fsp3) is 0.951. The molecule has 6 heteroatoms. The molecular weight excluding hydrogens is 584 g/mol. The third-order valence-electron chi connectivity index (χ3n) is 10.6. The monoisotopic (exact) mass is 671 g/mol. The van der Waals surface area contributed by atoms with Gasteiger partial charge in [-0.15, -0.1) is 0 Å². The molecule has 0 bridgehead atoms. The van der Waals surface area contributed by atoms with Crippen LogP contribution < -0.4 is 10.2 Å². The first-order valence-corrected chi connectivity index (χ1v) is 20.5.